The minimum absolute atomic E-state index is 0.132. The molecule has 1 fully saturated rings. The van der Waals surface area contributed by atoms with Gasteiger partial charge in [-0.05, 0) is 26.7 Å². The Kier molecular flexibility index (Phi) is 3.46. The first-order valence-corrected chi connectivity index (χ1v) is 5.72. The smallest absolute Gasteiger partial charge is 0.0692 e. The molecule has 1 aliphatic rings. The first-order valence-electron chi connectivity index (χ1n) is 4.67. The normalized spacial score (nSPS) is 19.4. The van der Waals surface area contributed by atoms with Gasteiger partial charge in [0.1, 0.15) is 0 Å². The second-order valence-electron chi connectivity index (χ2n) is 4.21. The zero-order valence-electron chi connectivity index (χ0n) is 7.97. The van der Waals surface area contributed by atoms with Crippen LogP contribution in [0.1, 0.15) is 39.5 Å². The fourth-order valence-corrected chi connectivity index (χ4v) is 2.80. The first-order chi connectivity index (χ1) is 5.64. The summed E-state index contributed by atoms with van der Waals surface area (Å²) in [4.78, 5) is 0. The summed E-state index contributed by atoms with van der Waals surface area (Å²) in [5.41, 5.74) is -0.132. The molecule has 0 bridgehead atoms. The van der Waals surface area contributed by atoms with Crippen LogP contribution < -0.4 is 0 Å². The summed E-state index contributed by atoms with van der Waals surface area (Å²) in [6.07, 6.45) is 5.52. The molecule has 0 aromatic rings. The van der Waals surface area contributed by atoms with Crippen molar-refractivity contribution in [3.8, 4) is 6.07 Å². The van der Waals surface area contributed by atoms with E-state index in [0.717, 1.165) is 11.0 Å². The average molecular weight is 183 g/mol. The van der Waals surface area contributed by atoms with Crippen molar-refractivity contribution in [2.24, 2.45) is 5.41 Å². The minimum Gasteiger partial charge on any atom is -0.198 e. The maximum absolute atomic E-state index is 8.80. The second kappa shape index (κ2) is 4.18. The van der Waals surface area contributed by atoms with Gasteiger partial charge in [0, 0.05) is 11.0 Å². The lowest BCUT2D eigenvalue weighted by molar-refractivity contribution is 0.572. The van der Waals surface area contributed by atoms with E-state index in [2.05, 4.69) is 6.07 Å². The number of hydrogen-bond acceptors (Lipinski definition) is 2. The lowest BCUT2D eigenvalue weighted by Gasteiger charge is -2.17. The molecule has 0 aromatic carbocycles. The maximum atomic E-state index is 8.80. The van der Waals surface area contributed by atoms with Crippen molar-refractivity contribution < 1.29 is 0 Å². The number of hydrogen-bond donors (Lipinski definition) is 0. The van der Waals surface area contributed by atoms with Crippen molar-refractivity contribution in [2.75, 3.05) is 5.75 Å². The molecule has 0 radical (unpaired) electrons. The van der Waals surface area contributed by atoms with Crippen LogP contribution in [0.3, 0.4) is 0 Å². The molecular formula is C10H17NS. The van der Waals surface area contributed by atoms with Crippen molar-refractivity contribution in [1.82, 2.24) is 0 Å². The van der Waals surface area contributed by atoms with E-state index in [1.54, 1.807) is 0 Å². The van der Waals surface area contributed by atoms with E-state index < -0.39 is 0 Å². The fraction of sp³-hybridized carbons (Fsp3) is 0.900. The molecule has 0 saturated heterocycles. The third-order valence-corrected chi connectivity index (χ3v) is 4.12. The standard InChI is InChI=1S/C10H17NS/c1-10(2,7-11)8-12-9-5-3-4-6-9/h9H,3-6,8H2,1-2H3. The Morgan fingerprint density at radius 3 is 2.50 bits per heavy atom. The third-order valence-electron chi connectivity index (χ3n) is 2.28. The highest BCUT2D eigenvalue weighted by Gasteiger charge is 2.21. The van der Waals surface area contributed by atoms with Crippen LogP contribution in [0.15, 0.2) is 0 Å². The number of nitrogens with zero attached hydrogens (tertiary/aromatic N) is 1. The molecule has 0 spiro atoms. The number of rotatable bonds is 3. The van der Waals surface area contributed by atoms with Gasteiger partial charge in [0.15, 0.2) is 0 Å². The average Bonchev–Trinajstić information content (AvgIpc) is 2.53. The number of thioether (sulfide) groups is 1. The lowest BCUT2D eigenvalue weighted by atomic mass is 10.00. The first kappa shape index (κ1) is 9.92. The molecule has 0 aromatic heterocycles. The number of nitriles is 1. The van der Waals surface area contributed by atoms with E-state index in [4.69, 9.17) is 5.26 Å². The van der Waals surface area contributed by atoms with Gasteiger partial charge in [0.2, 0.25) is 0 Å². The molecule has 0 unspecified atom stereocenters. The molecule has 12 heavy (non-hydrogen) atoms. The van der Waals surface area contributed by atoms with Gasteiger partial charge in [0.05, 0.1) is 11.5 Å². The van der Waals surface area contributed by atoms with Gasteiger partial charge in [-0.2, -0.15) is 17.0 Å². The predicted octanol–water partition coefficient (Wildman–Crippen LogP) is 3.21. The van der Waals surface area contributed by atoms with Crippen molar-refractivity contribution >= 4 is 11.8 Å². The van der Waals surface area contributed by atoms with E-state index in [-0.39, 0.29) is 5.41 Å². The Hall–Kier alpha value is -0.160. The predicted molar refractivity (Wildman–Crippen MR) is 54.1 cm³/mol. The van der Waals surface area contributed by atoms with Crippen molar-refractivity contribution in [2.45, 2.75) is 44.8 Å². The molecule has 1 nitrogen and oxygen atoms in total. The van der Waals surface area contributed by atoms with Crippen LogP contribution in [0, 0.1) is 16.7 Å². The monoisotopic (exact) mass is 183 g/mol. The largest absolute Gasteiger partial charge is 0.198 e. The Labute approximate surface area is 79.5 Å². The van der Waals surface area contributed by atoms with E-state index in [0.29, 0.717) is 0 Å². The third kappa shape index (κ3) is 3.06. The minimum atomic E-state index is -0.132. The SMILES string of the molecule is CC(C)(C#N)CSC1CCCC1. The van der Waals surface area contributed by atoms with Crippen molar-refractivity contribution in [3.63, 3.8) is 0 Å². The highest BCUT2D eigenvalue weighted by molar-refractivity contribution is 7.99. The maximum Gasteiger partial charge on any atom is 0.0692 e. The molecule has 0 amide bonds. The van der Waals surface area contributed by atoms with Crippen LogP contribution in [-0.2, 0) is 0 Å². The summed E-state index contributed by atoms with van der Waals surface area (Å²) in [5.74, 6) is 0.994. The molecule has 68 valence electrons. The molecule has 0 aliphatic heterocycles. The Morgan fingerprint density at radius 2 is 2.00 bits per heavy atom. The van der Waals surface area contributed by atoms with Gasteiger partial charge < -0.3 is 0 Å². The van der Waals surface area contributed by atoms with E-state index >= 15 is 0 Å². The molecular weight excluding hydrogens is 166 g/mol. The Bertz CT molecular complexity index is 175. The summed E-state index contributed by atoms with van der Waals surface area (Å²) in [6, 6.07) is 2.34. The van der Waals surface area contributed by atoms with Gasteiger partial charge >= 0.3 is 0 Å². The summed E-state index contributed by atoms with van der Waals surface area (Å²) in [5, 5.41) is 9.65. The van der Waals surface area contributed by atoms with E-state index in [1.165, 1.54) is 25.7 Å². The molecule has 1 rings (SSSR count). The van der Waals surface area contributed by atoms with Crippen LogP contribution in [0.2, 0.25) is 0 Å². The zero-order valence-corrected chi connectivity index (χ0v) is 8.78. The van der Waals surface area contributed by atoms with Crippen LogP contribution in [0.5, 0.6) is 0 Å². The van der Waals surface area contributed by atoms with Crippen LogP contribution >= 0.6 is 11.8 Å². The van der Waals surface area contributed by atoms with Gasteiger partial charge in [-0.15, -0.1) is 0 Å². The Balaban J connectivity index is 2.21. The highest BCUT2D eigenvalue weighted by Crippen LogP contribution is 2.33. The van der Waals surface area contributed by atoms with E-state index in [1.807, 2.05) is 25.6 Å². The van der Waals surface area contributed by atoms with Crippen LogP contribution in [0.25, 0.3) is 0 Å². The van der Waals surface area contributed by atoms with Gasteiger partial charge in [-0.3, -0.25) is 0 Å². The van der Waals surface area contributed by atoms with Gasteiger partial charge in [-0.1, -0.05) is 12.8 Å². The molecule has 2 heteroatoms. The molecule has 0 N–H and O–H groups in total. The summed E-state index contributed by atoms with van der Waals surface area (Å²) >= 11 is 1.99. The Morgan fingerprint density at radius 1 is 1.42 bits per heavy atom. The molecule has 1 aliphatic carbocycles. The summed E-state index contributed by atoms with van der Waals surface area (Å²) in [6.45, 7) is 4.05. The molecule has 0 heterocycles. The van der Waals surface area contributed by atoms with Gasteiger partial charge in [-0.25, -0.2) is 0 Å². The quantitative estimate of drug-likeness (QED) is 0.671. The van der Waals surface area contributed by atoms with Crippen LogP contribution in [-0.4, -0.2) is 11.0 Å². The second-order valence-corrected chi connectivity index (χ2v) is 5.50. The highest BCUT2D eigenvalue weighted by atomic mass is 32.2. The fourth-order valence-electron chi connectivity index (χ4n) is 1.41. The van der Waals surface area contributed by atoms with Crippen LogP contribution in [0.4, 0.5) is 0 Å². The van der Waals surface area contributed by atoms with Crippen molar-refractivity contribution in [1.29, 1.82) is 5.26 Å². The topological polar surface area (TPSA) is 23.8 Å². The van der Waals surface area contributed by atoms with Gasteiger partial charge in [0.25, 0.3) is 0 Å². The molecule has 1 saturated carbocycles. The zero-order chi connectivity index (χ0) is 9.03. The molecule has 0 atom stereocenters. The van der Waals surface area contributed by atoms with Crippen molar-refractivity contribution in [3.05, 3.63) is 0 Å². The summed E-state index contributed by atoms with van der Waals surface area (Å²) in [7, 11) is 0. The summed E-state index contributed by atoms with van der Waals surface area (Å²) < 4.78 is 0. The lowest BCUT2D eigenvalue weighted by Crippen LogP contribution is -2.13. The van der Waals surface area contributed by atoms with E-state index in [9.17, 15) is 0 Å².